The van der Waals surface area contributed by atoms with E-state index in [-0.39, 0.29) is 5.56 Å². The molecule has 0 aliphatic rings. The Balaban J connectivity index is 2.99. The topological polar surface area (TPSA) is 70.5 Å². The smallest absolute Gasteiger partial charge is 0.292 e. The fraction of sp³-hybridized carbons (Fsp3) is 0.583. The van der Waals surface area contributed by atoms with Crippen LogP contribution in [0.4, 0.5) is 5.82 Å². The van der Waals surface area contributed by atoms with E-state index in [2.05, 4.69) is 23.9 Å². The summed E-state index contributed by atoms with van der Waals surface area (Å²) in [6.07, 6.45) is 2.65. The first kappa shape index (κ1) is 14.2. The van der Waals surface area contributed by atoms with Crippen molar-refractivity contribution in [2.24, 2.45) is 18.1 Å². The van der Waals surface area contributed by atoms with Crippen molar-refractivity contribution in [1.29, 1.82) is 0 Å². The summed E-state index contributed by atoms with van der Waals surface area (Å²) in [6.45, 7) is 6.69. The first-order valence-electron chi connectivity index (χ1n) is 6.06. The Morgan fingerprint density at radius 3 is 2.67 bits per heavy atom. The molecule has 6 heteroatoms. The van der Waals surface area contributed by atoms with Crippen molar-refractivity contribution in [2.75, 3.05) is 11.6 Å². The van der Waals surface area contributed by atoms with Gasteiger partial charge in [0.05, 0.1) is 0 Å². The van der Waals surface area contributed by atoms with Crippen LogP contribution in [-0.4, -0.2) is 22.3 Å². The molecule has 1 rings (SSSR count). The van der Waals surface area contributed by atoms with Gasteiger partial charge < -0.3 is 0 Å². The maximum absolute atomic E-state index is 11.5. The maximum Gasteiger partial charge on any atom is 0.329 e. The van der Waals surface area contributed by atoms with Gasteiger partial charge in [-0.05, 0) is 19.3 Å². The van der Waals surface area contributed by atoms with Gasteiger partial charge in [0.15, 0.2) is 0 Å². The van der Waals surface area contributed by atoms with Crippen molar-refractivity contribution >= 4 is 12.0 Å². The van der Waals surface area contributed by atoms with Gasteiger partial charge in [-0.1, -0.05) is 13.8 Å². The van der Waals surface area contributed by atoms with Crippen LogP contribution in [0.2, 0.25) is 0 Å². The van der Waals surface area contributed by atoms with Crippen molar-refractivity contribution in [3.8, 4) is 0 Å². The molecule has 0 spiro atoms. The van der Waals surface area contributed by atoms with Gasteiger partial charge in [0.1, 0.15) is 5.82 Å². The third kappa shape index (κ3) is 3.58. The molecule has 18 heavy (non-hydrogen) atoms. The van der Waals surface area contributed by atoms with Gasteiger partial charge in [0.25, 0.3) is 5.56 Å². The minimum Gasteiger partial charge on any atom is -0.292 e. The molecular formula is C12H20N4O2. The average Bonchev–Trinajstić information content (AvgIpc) is 2.30. The van der Waals surface area contributed by atoms with Crippen molar-refractivity contribution in [2.45, 2.75) is 27.2 Å². The van der Waals surface area contributed by atoms with Crippen LogP contribution < -0.4 is 16.3 Å². The van der Waals surface area contributed by atoms with Crippen LogP contribution in [0.25, 0.3) is 0 Å². The normalized spacial score (nSPS) is 11.4. The van der Waals surface area contributed by atoms with Gasteiger partial charge in [-0.3, -0.25) is 14.3 Å². The molecular weight excluding hydrogens is 232 g/mol. The zero-order chi connectivity index (χ0) is 13.7. The highest BCUT2D eigenvalue weighted by Crippen LogP contribution is 2.05. The third-order valence-electron chi connectivity index (χ3n) is 2.51. The summed E-state index contributed by atoms with van der Waals surface area (Å²) in [5.74, 6) is 0.945. The molecule has 1 heterocycles. The number of nitrogens with zero attached hydrogens (tertiary/aromatic N) is 3. The first-order chi connectivity index (χ1) is 8.45. The average molecular weight is 252 g/mol. The largest absolute Gasteiger partial charge is 0.329 e. The van der Waals surface area contributed by atoms with Gasteiger partial charge in [0, 0.05) is 25.9 Å². The lowest BCUT2D eigenvalue weighted by molar-refractivity contribution is 0.686. The minimum atomic E-state index is -0.435. The molecule has 0 amide bonds. The van der Waals surface area contributed by atoms with E-state index in [0.717, 1.165) is 11.0 Å². The Labute approximate surface area is 106 Å². The molecule has 0 aliphatic carbocycles. The van der Waals surface area contributed by atoms with E-state index >= 15 is 0 Å². The Morgan fingerprint density at radius 2 is 2.17 bits per heavy atom. The van der Waals surface area contributed by atoms with Crippen LogP contribution >= 0.6 is 0 Å². The summed E-state index contributed by atoms with van der Waals surface area (Å²) in [5, 5.41) is 5.86. The second-order valence-corrected chi connectivity index (χ2v) is 4.50. The van der Waals surface area contributed by atoms with Crippen LogP contribution in [0.3, 0.4) is 0 Å². The molecule has 1 aromatic rings. The number of aromatic amines is 1. The molecule has 100 valence electrons. The van der Waals surface area contributed by atoms with E-state index in [9.17, 15) is 9.59 Å². The van der Waals surface area contributed by atoms with E-state index in [4.69, 9.17) is 0 Å². The Morgan fingerprint density at radius 1 is 1.50 bits per heavy atom. The molecule has 1 aromatic heterocycles. The number of nitrogens with one attached hydrogen (secondary N) is 1. The fourth-order valence-corrected chi connectivity index (χ4v) is 1.35. The summed E-state index contributed by atoms with van der Waals surface area (Å²) in [7, 11) is 1.43. The highest BCUT2D eigenvalue weighted by Gasteiger charge is 2.06. The number of hydrogen-bond acceptors (Lipinski definition) is 4. The summed E-state index contributed by atoms with van der Waals surface area (Å²) in [5.41, 5.74) is -0.777. The molecule has 1 N–H and O–H groups in total. The zero-order valence-electron chi connectivity index (χ0n) is 11.3. The van der Waals surface area contributed by atoms with E-state index in [0.29, 0.717) is 18.3 Å². The summed E-state index contributed by atoms with van der Waals surface area (Å²) in [4.78, 5) is 25.6. The maximum atomic E-state index is 11.5. The molecule has 0 atom stereocenters. The number of hydrogen-bond donors (Lipinski definition) is 1. The van der Waals surface area contributed by atoms with Gasteiger partial charge in [0.2, 0.25) is 0 Å². The lowest BCUT2D eigenvalue weighted by Crippen LogP contribution is -2.34. The number of anilines is 1. The number of aromatic nitrogens is 2. The van der Waals surface area contributed by atoms with E-state index < -0.39 is 5.69 Å². The highest BCUT2D eigenvalue weighted by molar-refractivity contribution is 5.59. The minimum absolute atomic E-state index is 0.341. The molecule has 0 bridgehead atoms. The quantitative estimate of drug-likeness (QED) is 0.626. The van der Waals surface area contributed by atoms with Crippen LogP contribution in [0, 0.1) is 5.92 Å². The molecule has 6 nitrogen and oxygen atoms in total. The second-order valence-electron chi connectivity index (χ2n) is 4.50. The van der Waals surface area contributed by atoms with Crippen LogP contribution in [-0.2, 0) is 7.05 Å². The number of rotatable bonds is 5. The van der Waals surface area contributed by atoms with Crippen molar-refractivity contribution in [3.05, 3.63) is 26.9 Å². The third-order valence-corrected chi connectivity index (χ3v) is 2.51. The summed E-state index contributed by atoms with van der Waals surface area (Å²) >= 11 is 0. The first-order valence-corrected chi connectivity index (χ1v) is 6.06. The molecule has 0 saturated heterocycles. The molecule has 0 fully saturated rings. The Bertz CT molecular complexity index is 496. The van der Waals surface area contributed by atoms with Gasteiger partial charge >= 0.3 is 5.69 Å². The SMILES string of the molecule is CCN(N=CCC(C)C)c1cc(=O)n(C)c(=O)[nH]1. The Kier molecular flexibility index (Phi) is 4.88. The summed E-state index contributed by atoms with van der Waals surface area (Å²) in [6, 6.07) is 1.37. The molecule has 0 radical (unpaired) electrons. The lowest BCUT2D eigenvalue weighted by Gasteiger charge is -2.16. The predicted octanol–water partition coefficient (Wildman–Crippen LogP) is 0.932. The van der Waals surface area contributed by atoms with Crippen molar-refractivity contribution in [1.82, 2.24) is 9.55 Å². The number of H-pyrrole nitrogens is 1. The van der Waals surface area contributed by atoms with Crippen molar-refractivity contribution < 1.29 is 0 Å². The van der Waals surface area contributed by atoms with Gasteiger partial charge in [-0.2, -0.15) is 5.10 Å². The van der Waals surface area contributed by atoms with Crippen LogP contribution in [0.5, 0.6) is 0 Å². The highest BCUT2D eigenvalue weighted by atomic mass is 16.2. The van der Waals surface area contributed by atoms with Crippen LogP contribution in [0.15, 0.2) is 20.8 Å². The zero-order valence-corrected chi connectivity index (χ0v) is 11.3. The monoisotopic (exact) mass is 252 g/mol. The molecule has 0 aliphatic heterocycles. The van der Waals surface area contributed by atoms with E-state index in [1.54, 1.807) is 11.2 Å². The second kappa shape index (κ2) is 6.18. The standard InChI is InChI=1S/C12H20N4O2/c1-5-16(13-7-6-9(2)3)10-8-11(17)15(4)12(18)14-10/h7-9H,5-6H2,1-4H3,(H,14,18). The Hall–Kier alpha value is -1.85. The van der Waals surface area contributed by atoms with E-state index in [1.807, 2.05) is 6.92 Å². The fourth-order valence-electron chi connectivity index (χ4n) is 1.35. The lowest BCUT2D eigenvalue weighted by atomic mass is 10.2. The van der Waals surface area contributed by atoms with Crippen molar-refractivity contribution in [3.63, 3.8) is 0 Å². The molecule has 0 unspecified atom stereocenters. The van der Waals surface area contributed by atoms with Gasteiger partial charge in [-0.25, -0.2) is 9.80 Å². The molecule has 0 saturated carbocycles. The van der Waals surface area contributed by atoms with Crippen LogP contribution in [0.1, 0.15) is 27.2 Å². The molecule has 0 aromatic carbocycles. The summed E-state index contributed by atoms with van der Waals surface area (Å²) < 4.78 is 1.02. The predicted molar refractivity (Wildman–Crippen MR) is 73.3 cm³/mol. The number of hydrazone groups is 1. The van der Waals surface area contributed by atoms with Gasteiger partial charge in [-0.15, -0.1) is 0 Å². The van der Waals surface area contributed by atoms with E-state index in [1.165, 1.54) is 13.1 Å².